The molecule has 2 aliphatic rings. The zero-order valence-electron chi connectivity index (χ0n) is 19.7. The maximum atomic E-state index is 12.6. The van der Waals surface area contributed by atoms with Crippen LogP contribution < -0.4 is 20.5 Å². The van der Waals surface area contributed by atoms with E-state index in [4.69, 9.17) is 20.0 Å². The van der Waals surface area contributed by atoms with Crippen LogP contribution in [0.3, 0.4) is 0 Å². The number of rotatable bonds is 8. The van der Waals surface area contributed by atoms with Gasteiger partial charge in [0, 0.05) is 23.9 Å². The number of nitrogens with two attached hydrogens (primary N) is 1. The zero-order chi connectivity index (χ0) is 26.9. The summed E-state index contributed by atoms with van der Waals surface area (Å²) in [5, 5.41) is 6.47. The van der Waals surface area contributed by atoms with Gasteiger partial charge in [-0.15, -0.1) is 11.3 Å². The Balaban J connectivity index is 1.49. The average Bonchev–Trinajstić information content (AvgIpc) is 3.61. The van der Waals surface area contributed by atoms with Crippen LogP contribution in [0.25, 0.3) is 10.2 Å². The van der Waals surface area contributed by atoms with Crippen molar-refractivity contribution in [2.45, 2.75) is 19.0 Å². The van der Waals surface area contributed by atoms with Gasteiger partial charge in [0.2, 0.25) is 18.6 Å². The van der Waals surface area contributed by atoms with E-state index in [0.29, 0.717) is 42.0 Å². The molecule has 3 aromatic rings. The summed E-state index contributed by atoms with van der Waals surface area (Å²) in [5.74, 6) is 0.00542. The van der Waals surface area contributed by atoms with Gasteiger partial charge in [-0.25, -0.2) is 9.97 Å². The van der Waals surface area contributed by atoms with Crippen molar-refractivity contribution in [3.05, 3.63) is 40.4 Å². The summed E-state index contributed by atoms with van der Waals surface area (Å²) in [7, 11) is 0. The van der Waals surface area contributed by atoms with Gasteiger partial charge in [0.1, 0.15) is 29.4 Å². The molecule has 0 bridgehead atoms. The molecule has 0 unspecified atom stereocenters. The lowest BCUT2D eigenvalue weighted by molar-refractivity contribution is -0.128. The Morgan fingerprint density at radius 3 is 2.82 bits per heavy atom. The number of carbonyl (C=O) groups is 2. The minimum absolute atomic E-state index is 0.0103. The van der Waals surface area contributed by atoms with Crippen molar-refractivity contribution in [3.8, 4) is 11.5 Å². The first-order valence-electron chi connectivity index (χ1n) is 11.5. The third-order valence-corrected chi connectivity index (χ3v) is 6.76. The van der Waals surface area contributed by atoms with Crippen LogP contribution in [0, 0.1) is 0 Å². The molecule has 1 fully saturated rings. The average molecular weight is 551 g/mol. The second kappa shape index (κ2) is 10.3. The summed E-state index contributed by atoms with van der Waals surface area (Å²) < 4.78 is 48.6. The molecule has 5 rings (SSSR count). The number of amides is 2. The molecule has 1 aromatic carbocycles. The van der Waals surface area contributed by atoms with Crippen LogP contribution in [0.5, 0.6) is 11.5 Å². The molecule has 2 aliphatic heterocycles. The number of halogens is 3. The Hall–Kier alpha value is -4.14. The fourth-order valence-electron chi connectivity index (χ4n) is 3.98. The van der Waals surface area contributed by atoms with Gasteiger partial charge in [-0.2, -0.15) is 13.2 Å². The number of oxime groups is 1. The van der Waals surface area contributed by atoms with Gasteiger partial charge in [-0.05, 0) is 30.7 Å². The van der Waals surface area contributed by atoms with Crippen LogP contribution in [0.15, 0.2) is 29.4 Å². The second-order valence-corrected chi connectivity index (χ2v) is 9.41. The van der Waals surface area contributed by atoms with E-state index in [1.807, 2.05) is 5.32 Å². The molecule has 38 heavy (non-hydrogen) atoms. The van der Waals surface area contributed by atoms with Gasteiger partial charge in [0.15, 0.2) is 11.5 Å². The van der Waals surface area contributed by atoms with Crippen molar-refractivity contribution in [2.24, 2.45) is 5.16 Å². The normalized spacial score (nSPS) is 15.4. The number of nitrogens with one attached hydrogen (secondary N) is 1. The van der Waals surface area contributed by atoms with Crippen LogP contribution in [0.4, 0.5) is 19.1 Å². The maximum Gasteiger partial charge on any atom is 0.405 e. The lowest BCUT2D eigenvalue weighted by Crippen LogP contribution is -2.33. The number of thiophene rings is 1. The van der Waals surface area contributed by atoms with Crippen molar-refractivity contribution in [1.82, 2.24) is 20.2 Å². The van der Waals surface area contributed by atoms with Crippen molar-refractivity contribution >= 4 is 45.0 Å². The van der Waals surface area contributed by atoms with E-state index in [0.717, 1.165) is 17.8 Å². The highest BCUT2D eigenvalue weighted by atomic mass is 32.1. The van der Waals surface area contributed by atoms with E-state index in [9.17, 15) is 22.8 Å². The number of nitrogens with zero attached hydrogens (tertiary/aromatic N) is 4. The highest BCUT2D eigenvalue weighted by Gasteiger charge is 2.29. The molecule has 2 aromatic heterocycles. The Morgan fingerprint density at radius 1 is 1.24 bits per heavy atom. The fourth-order valence-corrected chi connectivity index (χ4v) is 4.93. The van der Waals surface area contributed by atoms with Crippen LogP contribution in [-0.2, 0) is 9.63 Å². The predicted molar refractivity (Wildman–Crippen MR) is 130 cm³/mol. The van der Waals surface area contributed by atoms with Gasteiger partial charge in [-0.1, -0.05) is 5.16 Å². The summed E-state index contributed by atoms with van der Waals surface area (Å²) in [6.07, 6.45) is -3.27. The van der Waals surface area contributed by atoms with E-state index in [2.05, 4.69) is 15.1 Å². The summed E-state index contributed by atoms with van der Waals surface area (Å²) in [6, 6.07) is 6.43. The number of hydrogen-bond donors (Lipinski definition) is 2. The Bertz CT molecular complexity index is 1430. The van der Waals surface area contributed by atoms with Crippen LogP contribution in [-0.4, -0.2) is 71.6 Å². The number of fused-ring (bicyclic) bond motifs is 2. The van der Waals surface area contributed by atoms with Crippen molar-refractivity contribution in [1.29, 1.82) is 0 Å². The molecule has 200 valence electrons. The number of benzene rings is 1. The van der Waals surface area contributed by atoms with Crippen molar-refractivity contribution in [2.75, 3.05) is 38.8 Å². The number of ether oxygens (including phenoxy) is 2. The number of hydrogen-bond acceptors (Lipinski definition) is 10. The van der Waals surface area contributed by atoms with E-state index in [1.54, 1.807) is 23.1 Å². The lowest BCUT2D eigenvalue weighted by atomic mass is 10.0. The third kappa shape index (κ3) is 5.56. The number of carbonyl (C=O) groups excluding carboxylic acids is 2. The standard InChI is InChI=1S/C23H21F3N6O5S/c24-23(25,26)10-28-20(34)16-9-13-19(29-22(27)30-21(13)38-16)18(12-3-4-14-15(8-12)36-11-35-14)31-37-7-6-32-5-1-2-17(32)33/h3-4,8-9H,1-2,5-7,10-11H2,(H,28,34)(H2,27,29,30)/b31-18+. The van der Waals surface area contributed by atoms with E-state index < -0.39 is 18.6 Å². The molecule has 2 amide bonds. The summed E-state index contributed by atoms with van der Waals surface area (Å²) in [5.41, 5.74) is 6.87. The van der Waals surface area contributed by atoms with Crippen molar-refractivity contribution < 1.29 is 37.1 Å². The third-order valence-electron chi connectivity index (χ3n) is 5.73. The summed E-state index contributed by atoms with van der Waals surface area (Å²) >= 11 is 0.867. The SMILES string of the molecule is Nc1nc(/C(=N/OCCN2CCCC2=O)c2ccc3c(c2)OCO3)c2cc(C(=O)NCC(F)(F)F)sc2n1. The van der Waals surface area contributed by atoms with Crippen LogP contribution in [0.2, 0.25) is 0 Å². The van der Waals surface area contributed by atoms with E-state index in [1.165, 1.54) is 6.07 Å². The summed E-state index contributed by atoms with van der Waals surface area (Å²) in [4.78, 5) is 40.2. The quantitative estimate of drug-likeness (QED) is 0.248. The molecule has 0 spiro atoms. The molecule has 0 atom stereocenters. The first kappa shape index (κ1) is 25.5. The molecule has 15 heteroatoms. The monoisotopic (exact) mass is 550 g/mol. The molecular weight excluding hydrogens is 529 g/mol. The summed E-state index contributed by atoms with van der Waals surface area (Å²) in [6.45, 7) is -0.314. The smallest absolute Gasteiger partial charge is 0.405 e. The Kier molecular flexibility index (Phi) is 6.93. The topological polar surface area (TPSA) is 141 Å². The van der Waals surface area contributed by atoms with Gasteiger partial charge < -0.3 is 30.3 Å². The second-order valence-electron chi connectivity index (χ2n) is 8.38. The highest BCUT2D eigenvalue weighted by molar-refractivity contribution is 7.20. The first-order valence-corrected chi connectivity index (χ1v) is 12.3. The first-order chi connectivity index (χ1) is 18.2. The van der Waals surface area contributed by atoms with E-state index in [-0.39, 0.29) is 46.4 Å². The maximum absolute atomic E-state index is 12.6. The zero-order valence-corrected chi connectivity index (χ0v) is 20.5. The van der Waals surface area contributed by atoms with E-state index >= 15 is 0 Å². The molecule has 0 saturated carbocycles. The molecule has 3 N–H and O–H groups in total. The van der Waals surface area contributed by atoms with Gasteiger partial charge in [0.25, 0.3) is 5.91 Å². The molecule has 4 heterocycles. The van der Waals surface area contributed by atoms with Crippen molar-refractivity contribution in [3.63, 3.8) is 0 Å². The Morgan fingerprint density at radius 2 is 2.05 bits per heavy atom. The van der Waals surface area contributed by atoms with Crippen LogP contribution in [0.1, 0.15) is 33.8 Å². The molecule has 0 aliphatic carbocycles. The van der Waals surface area contributed by atoms with Gasteiger partial charge >= 0.3 is 6.18 Å². The number of aromatic nitrogens is 2. The van der Waals surface area contributed by atoms with Gasteiger partial charge in [0.05, 0.1) is 11.4 Å². The number of nitrogen functional groups attached to an aromatic ring is 1. The molecular formula is C23H21F3N6O5S. The highest BCUT2D eigenvalue weighted by Crippen LogP contribution is 2.35. The molecule has 11 nitrogen and oxygen atoms in total. The molecule has 1 saturated heterocycles. The number of anilines is 1. The number of alkyl halides is 3. The van der Waals surface area contributed by atoms with Crippen LogP contribution >= 0.6 is 11.3 Å². The van der Waals surface area contributed by atoms with Gasteiger partial charge in [-0.3, -0.25) is 9.59 Å². The molecule has 0 radical (unpaired) electrons. The lowest BCUT2D eigenvalue weighted by Gasteiger charge is -2.14. The fraction of sp³-hybridized carbons (Fsp3) is 0.348. The Labute approximate surface area is 217 Å². The number of likely N-dealkylation sites (tertiary alicyclic amines) is 1. The predicted octanol–water partition coefficient (Wildman–Crippen LogP) is 2.69. The largest absolute Gasteiger partial charge is 0.454 e. The minimum atomic E-state index is -4.56. The minimum Gasteiger partial charge on any atom is -0.454 e.